The highest BCUT2D eigenvalue weighted by Gasteiger charge is 1.87. The van der Waals surface area contributed by atoms with Crippen molar-refractivity contribution in [1.29, 1.82) is 0 Å². The Hall–Kier alpha value is -0.0200. The summed E-state index contributed by atoms with van der Waals surface area (Å²) in [6.45, 7) is 0. The van der Waals surface area contributed by atoms with Crippen molar-refractivity contribution in [3.63, 3.8) is 0 Å². The summed E-state index contributed by atoms with van der Waals surface area (Å²) < 4.78 is 3.93. The van der Waals surface area contributed by atoms with Crippen molar-refractivity contribution in [2.45, 2.75) is 0 Å². The minimum absolute atomic E-state index is 1.05. The maximum Gasteiger partial charge on any atom is 0.0465 e. The molecule has 0 aliphatic heterocycles. The highest BCUT2D eigenvalue weighted by molar-refractivity contribution is 9.10. The van der Waals surface area contributed by atoms with Crippen LogP contribution in [-0.2, 0) is 0 Å². The van der Waals surface area contributed by atoms with Crippen LogP contribution in [0.2, 0.25) is 0 Å². The Morgan fingerprint density at radius 1 is 1.33 bits per heavy atom. The van der Waals surface area contributed by atoms with Gasteiger partial charge in [-0.2, -0.15) is 0 Å². The third kappa shape index (κ3) is 1.99. The standard InChI is InChI=1S/C6H5Br2N/c7-5-2-1-3-6(4-5)9-8/h1-4,9H. The number of rotatable bonds is 1. The number of anilines is 1. The van der Waals surface area contributed by atoms with Crippen molar-refractivity contribution in [2.24, 2.45) is 0 Å². The first-order chi connectivity index (χ1) is 4.33. The van der Waals surface area contributed by atoms with Gasteiger partial charge in [0.1, 0.15) is 0 Å². The number of benzene rings is 1. The molecule has 3 heteroatoms. The van der Waals surface area contributed by atoms with E-state index in [-0.39, 0.29) is 0 Å². The molecular weight excluding hydrogens is 246 g/mol. The summed E-state index contributed by atoms with van der Waals surface area (Å²) in [5.41, 5.74) is 1.05. The van der Waals surface area contributed by atoms with Crippen LogP contribution < -0.4 is 4.34 Å². The number of halogens is 2. The highest BCUT2D eigenvalue weighted by Crippen LogP contribution is 2.16. The second kappa shape index (κ2) is 3.22. The number of nitrogens with one attached hydrogen (secondary N) is 1. The van der Waals surface area contributed by atoms with E-state index in [2.05, 4.69) is 36.4 Å². The van der Waals surface area contributed by atoms with Crippen LogP contribution in [0.4, 0.5) is 5.69 Å². The van der Waals surface area contributed by atoms with Crippen LogP contribution in [0.15, 0.2) is 28.7 Å². The Labute approximate surface area is 70.9 Å². The predicted octanol–water partition coefficient (Wildman–Crippen LogP) is 3.17. The summed E-state index contributed by atoms with van der Waals surface area (Å²) >= 11 is 6.46. The van der Waals surface area contributed by atoms with E-state index in [0.717, 1.165) is 10.2 Å². The van der Waals surface area contributed by atoms with Gasteiger partial charge in [-0.05, 0) is 18.2 Å². The van der Waals surface area contributed by atoms with E-state index < -0.39 is 0 Å². The maximum atomic E-state index is 3.34. The molecule has 9 heavy (non-hydrogen) atoms. The molecule has 1 nitrogen and oxygen atoms in total. The zero-order valence-corrected chi connectivity index (χ0v) is 7.74. The molecule has 1 N–H and O–H groups in total. The lowest BCUT2D eigenvalue weighted by molar-refractivity contribution is 1.64. The van der Waals surface area contributed by atoms with E-state index >= 15 is 0 Å². The van der Waals surface area contributed by atoms with Crippen LogP contribution in [0.3, 0.4) is 0 Å². The highest BCUT2D eigenvalue weighted by atomic mass is 79.9. The normalized spacial score (nSPS) is 9.11. The molecule has 0 unspecified atom stereocenters. The maximum absolute atomic E-state index is 3.34. The quantitative estimate of drug-likeness (QED) is 0.755. The lowest BCUT2D eigenvalue weighted by atomic mass is 10.3. The van der Waals surface area contributed by atoms with Gasteiger partial charge in [0.05, 0.1) is 0 Å². The van der Waals surface area contributed by atoms with Gasteiger partial charge in [0.15, 0.2) is 0 Å². The summed E-state index contributed by atoms with van der Waals surface area (Å²) in [7, 11) is 0. The summed E-state index contributed by atoms with van der Waals surface area (Å²) in [6, 6.07) is 7.90. The van der Waals surface area contributed by atoms with Gasteiger partial charge in [0.2, 0.25) is 0 Å². The first-order valence-corrected chi connectivity index (χ1v) is 4.04. The number of hydrogen-bond donors (Lipinski definition) is 1. The molecule has 0 saturated carbocycles. The Bertz CT molecular complexity index is 200. The van der Waals surface area contributed by atoms with Gasteiger partial charge in [-0.15, -0.1) is 0 Å². The van der Waals surface area contributed by atoms with E-state index in [0.29, 0.717) is 0 Å². The first-order valence-electron chi connectivity index (χ1n) is 2.45. The van der Waals surface area contributed by atoms with E-state index in [1.54, 1.807) is 0 Å². The molecule has 0 aromatic heterocycles. The van der Waals surface area contributed by atoms with Crippen molar-refractivity contribution in [1.82, 2.24) is 0 Å². The molecule has 0 aliphatic rings. The largest absolute Gasteiger partial charge is 0.322 e. The van der Waals surface area contributed by atoms with Crippen molar-refractivity contribution in [3.05, 3.63) is 28.7 Å². The summed E-state index contributed by atoms with van der Waals surface area (Å²) in [5, 5.41) is 0. The van der Waals surface area contributed by atoms with Crippen molar-refractivity contribution < 1.29 is 0 Å². The van der Waals surface area contributed by atoms with E-state index in [1.807, 2.05) is 24.3 Å². The third-order valence-corrected chi connectivity index (χ3v) is 1.88. The average molecular weight is 251 g/mol. The van der Waals surface area contributed by atoms with Gasteiger partial charge >= 0.3 is 0 Å². The minimum atomic E-state index is 1.05. The molecule has 0 atom stereocenters. The van der Waals surface area contributed by atoms with E-state index in [9.17, 15) is 0 Å². The molecule has 48 valence electrons. The molecule has 0 spiro atoms. The molecule has 0 amide bonds. The lowest BCUT2D eigenvalue weighted by Crippen LogP contribution is -1.76. The second-order valence-corrected chi connectivity index (χ2v) is 2.92. The summed E-state index contributed by atoms with van der Waals surface area (Å²) in [4.78, 5) is 0. The van der Waals surface area contributed by atoms with Gasteiger partial charge in [-0.3, -0.25) is 0 Å². The van der Waals surface area contributed by atoms with Crippen LogP contribution in [0.1, 0.15) is 0 Å². The predicted molar refractivity (Wildman–Crippen MR) is 46.7 cm³/mol. The van der Waals surface area contributed by atoms with Crippen LogP contribution in [-0.4, -0.2) is 0 Å². The molecule has 1 aromatic carbocycles. The van der Waals surface area contributed by atoms with Crippen LogP contribution in [0.25, 0.3) is 0 Å². The lowest BCUT2D eigenvalue weighted by Gasteiger charge is -1.95. The zero-order valence-electron chi connectivity index (χ0n) is 4.57. The molecule has 0 bridgehead atoms. The molecule has 0 saturated heterocycles. The molecule has 1 aromatic rings. The fraction of sp³-hybridized carbons (Fsp3) is 0. The Morgan fingerprint density at radius 2 is 2.11 bits per heavy atom. The van der Waals surface area contributed by atoms with Gasteiger partial charge in [0.25, 0.3) is 0 Å². The van der Waals surface area contributed by atoms with Crippen LogP contribution >= 0.6 is 32.1 Å². The first kappa shape index (κ1) is 7.09. The fourth-order valence-electron chi connectivity index (χ4n) is 0.547. The molecule has 0 aliphatic carbocycles. The van der Waals surface area contributed by atoms with Crippen molar-refractivity contribution >= 4 is 37.8 Å². The van der Waals surface area contributed by atoms with Crippen molar-refractivity contribution in [3.8, 4) is 0 Å². The van der Waals surface area contributed by atoms with Gasteiger partial charge in [0, 0.05) is 26.3 Å². The topological polar surface area (TPSA) is 12.0 Å². The van der Waals surface area contributed by atoms with Crippen LogP contribution in [0, 0.1) is 0 Å². The minimum Gasteiger partial charge on any atom is -0.322 e. The Morgan fingerprint density at radius 3 is 2.56 bits per heavy atom. The molecular formula is C6H5Br2N. The Balaban J connectivity index is 2.94. The van der Waals surface area contributed by atoms with E-state index in [1.165, 1.54) is 0 Å². The SMILES string of the molecule is BrNc1cccc(Br)c1. The van der Waals surface area contributed by atoms with E-state index in [4.69, 9.17) is 0 Å². The van der Waals surface area contributed by atoms with Gasteiger partial charge in [-0.1, -0.05) is 22.0 Å². The monoisotopic (exact) mass is 249 g/mol. The van der Waals surface area contributed by atoms with Gasteiger partial charge < -0.3 is 4.34 Å². The van der Waals surface area contributed by atoms with Crippen molar-refractivity contribution in [2.75, 3.05) is 4.34 Å². The smallest absolute Gasteiger partial charge is 0.0465 e. The molecule has 1 rings (SSSR count). The third-order valence-electron chi connectivity index (χ3n) is 0.934. The molecule has 0 fully saturated rings. The van der Waals surface area contributed by atoms with Crippen LogP contribution in [0.5, 0.6) is 0 Å². The molecule has 0 radical (unpaired) electrons. The zero-order chi connectivity index (χ0) is 6.69. The fourth-order valence-corrected chi connectivity index (χ4v) is 1.19. The molecule has 0 heterocycles. The second-order valence-electron chi connectivity index (χ2n) is 1.60. The average Bonchev–Trinajstić information content (AvgIpc) is 1.88. The van der Waals surface area contributed by atoms with Gasteiger partial charge in [-0.25, -0.2) is 0 Å². The summed E-state index contributed by atoms with van der Waals surface area (Å²) in [5.74, 6) is 0. The Kier molecular flexibility index (Phi) is 2.54. The number of hydrogen-bond acceptors (Lipinski definition) is 1. The summed E-state index contributed by atoms with van der Waals surface area (Å²) in [6.07, 6.45) is 0.